The predicted octanol–water partition coefficient (Wildman–Crippen LogP) is 1.23. The summed E-state index contributed by atoms with van der Waals surface area (Å²) in [5.41, 5.74) is 5.54. The van der Waals surface area contributed by atoms with Crippen LogP contribution < -0.4 is 5.73 Å². The molecule has 0 spiro atoms. The highest BCUT2D eigenvalue weighted by atomic mass is 19.4. The molecule has 20 heavy (non-hydrogen) atoms. The number of guanidine groups is 1. The van der Waals surface area contributed by atoms with E-state index in [9.17, 15) is 13.2 Å². The maximum atomic E-state index is 12.7. The Balaban J connectivity index is 2.21. The topological polar surface area (TPSA) is 72.3 Å². The minimum atomic E-state index is -4.49. The minimum Gasteiger partial charge on any atom is -0.370 e. The summed E-state index contributed by atoms with van der Waals surface area (Å²) < 4.78 is 39.2. The van der Waals surface area contributed by atoms with Crippen LogP contribution in [-0.2, 0) is 19.3 Å². The molecule has 1 aromatic heterocycles. The minimum absolute atomic E-state index is 0.136. The highest BCUT2D eigenvalue weighted by molar-refractivity contribution is 5.78. The Hall–Kier alpha value is -1.80. The summed E-state index contributed by atoms with van der Waals surface area (Å²) in [6.07, 6.45) is -4.49. The van der Waals surface area contributed by atoms with Gasteiger partial charge in [-0.25, -0.2) is 4.99 Å². The second-order valence-corrected chi connectivity index (χ2v) is 5.65. The number of nitrogens with zero attached hydrogens (tertiary/aromatic N) is 5. The maximum Gasteiger partial charge on any atom is 0.451 e. The van der Waals surface area contributed by atoms with Crippen molar-refractivity contribution >= 4 is 5.96 Å². The summed E-state index contributed by atoms with van der Waals surface area (Å²) in [6.45, 7) is 6.35. The van der Waals surface area contributed by atoms with Crippen LogP contribution in [-0.4, -0.2) is 37.7 Å². The molecular weight excluding hydrogens is 273 g/mol. The number of hydrogen-bond acceptors (Lipinski definition) is 3. The van der Waals surface area contributed by atoms with Crippen LogP contribution in [0.25, 0.3) is 0 Å². The average Bonchev–Trinajstić information content (AvgIpc) is 2.68. The van der Waals surface area contributed by atoms with Crippen LogP contribution in [0.1, 0.15) is 32.4 Å². The first kappa shape index (κ1) is 14.6. The average molecular weight is 290 g/mol. The number of rotatable bonds is 0. The third kappa shape index (κ3) is 3.02. The van der Waals surface area contributed by atoms with E-state index in [0.29, 0.717) is 12.5 Å². The highest BCUT2D eigenvalue weighted by Crippen LogP contribution is 2.29. The summed E-state index contributed by atoms with van der Waals surface area (Å²) in [7, 11) is 0. The van der Waals surface area contributed by atoms with Crippen molar-refractivity contribution in [2.45, 2.75) is 45.6 Å². The summed E-state index contributed by atoms with van der Waals surface area (Å²) in [5.74, 6) is -0.408. The fraction of sp³-hybridized carbons (Fsp3) is 0.727. The van der Waals surface area contributed by atoms with E-state index in [2.05, 4.69) is 15.2 Å². The van der Waals surface area contributed by atoms with Gasteiger partial charge in [-0.3, -0.25) is 0 Å². The van der Waals surface area contributed by atoms with Crippen molar-refractivity contribution in [2.24, 2.45) is 10.7 Å². The van der Waals surface area contributed by atoms with Crippen molar-refractivity contribution in [3.8, 4) is 0 Å². The van der Waals surface area contributed by atoms with E-state index in [-0.39, 0.29) is 24.5 Å². The molecule has 0 aromatic carbocycles. The molecule has 2 N–H and O–H groups in total. The Labute approximate surface area is 114 Å². The number of alkyl halides is 3. The van der Waals surface area contributed by atoms with Crippen LogP contribution in [0, 0.1) is 0 Å². The molecule has 0 bridgehead atoms. The zero-order chi connectivity index (χ0) is 15.1. The molecule has 0 saturated heterocycles. The lowest BCUT2D eigenvalue weighted by atomic mass is 10.1. The van der Waals surface area contributed by atoms with E-state index in [4.69, 9.17) is 5.73 Å². The molecule has 9 heteroatoms. The van der Waals surface area contributed by atoms with Gasteiger partial charge in [0.1, 0.15) is 0 Å². The molecule has 2 rings (SSSR count). The Kier molecular flexibility index (Phi) is 3.39. The van der Waals surface area contributed by atoms with E-state index in [1.165, 1.54) is 0 Å². The second-order valence-electron chi connectivity index (χ2n) is 5.65. The number of aromatic nitrogens is 3. The zero-order valence-corrected chi connectivity index (χ0v) is 11.6. The smallest absolute Gasteiger partial charge is 0.370 e. The largest absolute Gasteiger partial charge is 0.451 e. The highest BCUT2D eigenvalue weighted by Gasteiger charge is 2.39. The lowest BCUT2D eigenvalue weighted by Crippen LogP contribution is -2.44. The monoisotopic (exact) mass is 290 g/mol. The maximum absolute atomic E-state index is 12.7. The van der Waals surface area contributed by atoms with Gasteiger partial charge in [-0.1, -0.05) is 0 Å². The molecule has 0 fully saturated rings. The number of fused-ring (bicyclic) bond motifs is 1. The molecule has 1 aliphatic rings. The van der Waals surface area contributed by atoms with Gasteiger partial charge in [-0.05, 0) is 20.8 Å². The third-order valence-electron chi connectivity index (χ3n) is 2.78. The molecule has 2 heterocycles. The molecule has 0 unspecified atom stereocenters. The Bertz CT molecular complexity index is 525. The van der Waals surface area contributed by atoms with Crippen LogP contribution in [0.3, 0.4) is 0 Å². The van der Waals surface area contributed by atoms with Gasteiger partial charge in [0.25, 0.3) is 0 Å². The summed E-state index contributed by atoms with van der Waals surface area (Å²) in [6, 6.07) is 0. The van der Waals surface area contributed by atoms with Crippen molar-refractivity contribution in [3.63, 3.8) is 0 Å². The van der Waals surface area contributed by atoms with E-state index in [0.717, 1.165) is 4.57 Å². The lowest BCUT2D eigenvalue weighted by Gasteiger charge is -2.30. The molecule has 0 amide bonds. The molecule has 0 saturated carbocycles. The van der Waals surface area contributed by atoms with Gasteiger partial charge in [0.2, 0.25) is 5.82 Å². The van der Waals surface area contributed by atoms with Gasteiger partial charge >= 0.3 is 6.18 Å². The fourth-order valence-electron chi connectivity index (χ4n) is 1.98. The molecule has 0 atom stereocenters. The molecule has 6 nitrogen and oxygen atoms in total. The second kappa shape index (κ2) is 4.64. The van der Waals surface area contributed by atoms with Crippen molar-refractivity contribution < 1.29 is 13.2 Å². The predicted molar refractivity (Wildman–Crippen MR) is 66.8 cm³/mol. The number of hydrogen-bond donors (Lipinski definition) is 1. The molecule has 0 aliphatic carbocycles. The lowest BCUT2D eigenvalue weighted by molar-refractivity contribution is -0.147. The van der Waals surface area contributed by atoms with E-state index >= 15 is 0 Å². The van der Waals surface area contributed by atoms with Crippen molar-refractivity contribution in [2.75, 3.05) is 6.54 Å². The standard InChI is InChI=1S/C11H17F3N6/c1-10(2,3)16-9(15)19-4-5-20-7(6-19)17-18-8(20)11(12,13)14/h4-6H2,1-3H3,(H2,15,16). The third-order valence-corrected chi connectivity index (χ3v) is 2.78. The number of halogens is 3. The van der Waals surface area contributed by atoms with Gasteiger partial charge in [0.05, 0.1) is 12.1 Å². The quantitative estimate of drug-likeness (QED) is 0.576. The van der Waals surface area contributed by atoms with Gasteiger partial charge in [-0.15, -0.1) is 10.2 Å². The fourth-order valence-corrected chi connectivity index (χ4v) is 1.98. The zero-order valence-electron chi connectivity index (χ0n) is 11.6. The van der Waals surface area contributed by atoms with Crippen molar-refractivity contribution in [1.82, 2.24) is 19.7 Å². The van der Waals surface area contributed by atoms with Gasteiger partial charge in [-0.2, -0.15) is 13.2 Å². The molecule has 0 radical (unpaired) electrons. The Morgan fingerprint density at radius 3 is 2.40 bits per heavy atom. The first-order valence-corrected chi connectivity index (χ1v) is 6.17. The summed E-state index contributed by atoms with van der Waals surface area (Å²) >= 11 is 0. The normalized spacial score (nSPS) is 17.3. The first-order valence-electron chi connectivity index (χ1n) is 6.17. The molecule has 1 aliphatic heterocycles. The van der Waals surface area contributed by atoms with E-state index < -0.39 is 12.0 Å². The van der Waals surface area contributed by atoms with Crippen LogP contribution in [0.4, 0.5) is 13.2 Å². The Morgan fingerprint density at radius 1 is 1.20 bits per heavy atom. The van der Waals surface area contributed by atoms with Gasteiger partial charge in [0.15, 0.2) is 11.8 Å². The van der Waals surface area contributed by atoms with Crippen molar-refractivity contribution in [3.05, 3.63) is 11.6 Å². The molecular formula is C11H17F3N6. The van der Waals surface area contributed by atoms with Crippen LogP contribution >= 0.6 is 0 Å². The first-order chi connectivity index (χ1) is 9.08. The van der Waals surface area contributed by atoms with Crippen LogP contribution in [0.2, 0.25) is 0 Å². The summed E-state index contributed by atoms with van der Waals surface area (Å²) in [4.78, 5) is 6.01. The van der Waals surface area contributed by atoms with Gasteiger partial charge in [0, 0.05) is 13.1 Å². The van der Waals surface area contributed by atoms with Crippen LogP contribution in [0.5, 0.6) is 0 Å². The Morgan fingerprint density at radius 2 is 1.85 bits per heavy atom. The van der Waals surface area contributed by atoms with E-state index in [1.54, 1.807) is 4.90 Å². The molecule has 112 valence electrons. The van der Waals surface area contributed by atoms with Crippen molar-refractivity contribution in [1.29, 1.82) is 0 Å². The number of nitrogens with two attached hydrogens (primary N) is 1. The van der Waals surface area contributed by atoms with Gasteiger partial charge < -0.3 is 15.2 Å². The number of aliphatic imine (C=N–C) groups is 1. The van der Waals surface area contributed by atoms with Crippen LogP contribution in [0.15, 0.2) is 4.99 Å². The van der Waals surface area contributed by atoms with E-state index in [1.807, 2.05) is 20.8 Å². The summed E-state index contributed by atoms with van der Waals surface area (Å²) in [5, 5.41) is 6.81. The SMILES string of the molecule is CC(C)(C)N=C(N)N1CCn2c(nnc2C(F)(F)F)C1. The molecule has 1 aromatic rings.